The van der Waals surface area contributed by atoms with Crippen molar-refractivity contribution in [1.29, 1.82) is 0 Å². The van der Waals surface area contributed by atoms with Gasteiger partial charge in [0.25, 0.3) is 0 Å². The van der Waals surface area contributed by atoms with Gasteiger partial charge in [0.05, 0.1) is 6.10 Å². The minimum atomic E-state index is -0.490. The highest BCUT2D eigenvalue weighted by Crippen LogP contribution is 2.33. The second-order valence-corrected chi connectivity index (χ2v) is 5.58. The highest BCUT2D eigenvalue weighted by Gasteiger charge is 2.27. The van der Waals surface area contributed by atoms with Gasteiger partial charge in [0, 0.05) is 35.2 Å². The lowest BCUT2D eigenvalue weighted by molar-refractivity contribution is 0.110. The van der Waals surface area contributed by atoms with Crippen LogP contribution in [0.2, 0.25) is 0 Å². The number of nitrogens with one attached hydrogen (secondary N) is 1. The number of likely N-dealkylation sites (N-methyl/N-ethyl adjacent to an activating group) is 1. The zero-order chi connectivity index (χ0) is 14.2. The van der Waals surface area contributed by atoms with E-state index in [9.17, 15) is 5.11 Å². The zero-order valence-corrected chi connectivity index (χ0v) is 12.4. The fraction of sp³-hybridized carbons (Fsp3) is 0.500. The van der Waals surface area contributed by atoms with Crippen LogP contribution in [0.15, 0.2) is 24.3 Å². The highest BCUT2D eigenvalue weighted by atomic mass is 16.3. The van der Waals surface area contributed by atoms with Crippen LogP contribution in [0, 0.1) is 12.8 Å². The monoisotopic (exact) mass is 260 g/mol. The normalized spacial score (nSPS) is 15.1. The molecule has 0 aliphatic heterocycles. The molecule has 1 aromatic heterocycles. The number of aliphatic hydroxyl groups excluding tert-OH is 1. The maximum Gasteiger partial charge on any atom is 0.0968 e. The SMILES string of the molecule is CNC(C(C)C)C(O)c1c(C)n(C)c2ccccc12. The summed E-state index contributed by atoms with van der Waals surface area (Å²) < 4.78 is 2.15. The molecule has 0 aliphatic carbocycles. The van der Waals surface area contributed by atoms with Crippen molar-refractivity contribution in [3.63, 3.8) is 0 Å². The van der Waals surface area contributed by atoms with Crippen LogP contribution in [0.1, 0.15) is 31.2 Å². The van der Waals surface area contributed by atoms with Gasteiger partial charge in [-0.15, -0.1) is 0 Å². The number of benzene rings is 1. The molecule has 0 fully saturated rings. The van der Waals surface area contributed by atoms with Crippen molar-refractivity contribution in [2.24, 2.45) is 13.0 Å². The van der Waals surface area contributed by atoms with Crippen molar-refractivity contribution < 1.29 is 5.11 Å². The molecule has 0 saturated heterocycles. The Balaban J connectivity index is 2.59. The lowest BCUT2D eigenvalue weighted by Crippen LogP contribution is -2.37. The lowest BCUT2D eigenvalue weighted by Gasteiger charge is -2.26. The Morgan fingerprint density at radius 2 is 1.84 bits per heavy atom. The van der Waals surface area contributed by atoms with E-state index >= 15 is 0 Å². The number of hydrogen-bond acceptors (Lipinski definition) is 2. The van der Waals surface area contributed by atoms with Crippen LogP contribution in [0.25, 0.3) is 10.9 Å². The number of aromatic nitrogens is 1. The van der Waals surface area contributed by atoms with Gasteiger partial charge in [-0.05, 0) is 26.0 Å². The Morgan fingerprint density at radius 1 is 1.21 bits per heavy atom. The molecule has 3 heteroatoms. The summed E-state index contributed by atoms with van der Waals surface area (Å²) in [5, 5.41) is 15.2. The van der Waals surface area contributed by atoms with Crippen LogP contribution < -0.4 is 5.32 Å². The van der Waals surface area contributed by atoms with Crippen LogP contribution in [0.3, 0.4) is 0 Å². The maximum absolute atomic E-state index is 10.8. The Bertz CT molecular complexity index is 571. The molecule has 1 aromatic carbocycles. The Hall–Kier alpha value is -1.32. The van der Waals surface area contributed by atoms with Crippen molar-refractivity contribution in [3.05, 3.63) is 35.5 Å². The molecule has 0 amide bonds. The van der Waals surface area contributed by atoms with Gasteiger partial charge in [0.2, 0.25) is 0 Å². The van der Waals surface area contributed by atoms with Crippen molar-refractivity contribution in [2.45, 2.75) is 32.9 Å². The zero-order valence-electron chi connectivity index (χ0n) is 12.4. The first kappa shape index (κ1) is 14.1. The van der Waals surface area contributed by atoms with Gasteiger partial charge in [-0.3, -0.25) is 0 Å². The third kappa shape index (κ3) is 2.28. The summed E-state index contributed by atoms with van der Waals surface area (Å²) in [6.07, 6.45) is -0.490. The smallest absolute Gasteiger partial charge is 0.0968 e. The number of nitrogens with zero attached hydrogens (tertiary/aromatic N) is 1. The molecule has 2 unspecified atom stereocenters. The number of rotatable bonds is 4. The molecule has 0 bridgehead atoms. The van der Waals surface area contributed by atoms with Crippen LogP contribution in [-0.4, -0.2) is 22.8 Å². The molecule has 104 valence electrons. The topological polar surface area (TPSA) is 37.2 Å². The summed E-state index contributed by atoms with van der Waals surface area (Å²) in [6, 6.07) is 8.32. The summed E-state index contributed by atoms with van der Waals surface area (Å²) in [5.41, 5.74) is 3.36. The average molecular weight is 260 g/mol. The lowest BCUT2D eigenvalue weighted by atomic mass is 9.92. The molecule has 0 radical (unpaired) electrons. The number of aliphatic hydroxyl groups is 1. The van der Waals surface area contributed by atoms with Crippen molar-refractivity contribution >= 4 is 10.9 Å². The summed E-state index contributed by atoms with van der Waals surface area (Å²) in [4.78, 5) is 0. The Kier molecular flexibility index (Phi) is 3.97. The van der Waals surface area contributed by atoms with Gasteiger partial charge in [-0.2, -0.15) is 0 Å². The largest absolute Gasteiger partial charge is 0.387 e. The first-order valence-electron chi connectivity index (χ1n) is 6.88. The van der Waals surface area contributed by atoms with E-state index in [0.29, 0.717) is 5.92 Å². The standard InChI is InChI=1S/C16H24N2O/c1-10(2)15(17-4)16(19)14-11(3)18(5)13-9-7-6-8-12(13)14/h6-10,15-17,19H,1-5H3. The molecular weight excluding hydrogens is 236 g/mol. The van der Waals surface area contributed by atoms with Crippen molar-refractivity contribution in [3.8, 4) is 0 Å². The molecule has 2 N–H and O–H groups in total. The molecule has 2 aromatic rings. The maximum atomic E-state index is 10.8. The Labute approximate surface area is 115 Å². The number of fused-ring (bicyclic) bond motifs is 1. The average Bonchev–Trinajstić information content (AvgIpc) is 2.63. The van der Waals surface area contributed by atoms with Gasteiger partial charge in [0.15, 0.2) is 0 Å². The van der Waals surface area contributed by atoms with Gasteiger partial charge in [-0.1, -0.05) is 32.0 Å². The van der Waals surface area contributed by atoms with Crippen LogP contribution in [-0.2, 0) is 7.05 Å². The molecule has 0 spiro atoms. The van der Waals surface area contributed by atoms with Gasteiger partial charge < -0.3 is 15.0 Å². The second-order valence-electron chi connectivity index (χ2n) is 5.58. The van der Waals surface area contributed by atoms with Gasteiger partial charge >= 0.3 is 0 Å². The van der Waals surface area contributed by atoms with E-state index in [-0.39, 0.29) is 6.04 Å². The van der Waals surface area contributed by atoms with E-state index in [1.807, 2.05) is 19.2 Å². The first-order valence-corrected chi connectivity index (χ1v) is 6.88. The summed E-state index contributed by atoms with van der Waals surface area (Å²) in [6.45, 7) is 6.33. The van der Waals surface area contributed by atoms with Crippen LogP contribution in [0.4, 0.5) is 0 Å². The molecule has 19 heavy (non-hydrogen) atoms. The van der Waals surface area contributed by atoms with Crippen LogP contribution in [0.5, 0.6) is 0 Å². The fourth-order valence-corrected chi connectivity index (χ4v) is 2.96. The van der Waals surface area contributed by atoms with Crippen LogP contribution >= 0.6 is 0 Å². The molecule has 0 aliphatic rings. The van der Waals surface area contributed by atoms with Gasteiger partial charge in [-0.25, -0.2) is 0 Å². The van der Waals surface area contributed by atoms with Crippen molar-refractivity contribution in [2.75, 3.05) is 7.05 Å². The molecule has 0 saturated carbocycles. The van der Waals surface area contributed by atoms with Gasteiger partial charge in [0.1, 0.15) is 0 Å². The number of aryl methyl sites for hydroxylation is 1. The molecule has 1 heterocycles. The van der Waals surface area contributed by atoms with E-state index in [4.69, 9.17) is 0 Å². The second kappa shape index (κ2) is 5.35. The summed E-state index contributed by atoms with van der Waals surface area (Å²) in [7, 11) is 3.96. The third-order valence-electron chi connectivity index (χ3n) is 4.14. The van der Waals surface area contributed by atoms with Crippen molar-refractivity contribution in [1.82, 2.24) is 9.88 Å². The molecule has 2 rings (SSSR count). The molecular formula is C16H24N2O. The third-order valence-corrected chi connectivity index (χ3v) is 4.14. The number of hydrogen-bond donors (Lipinski definition) is 2. The minimum absolute atomic E-state index is 0.0597. The van der Waals surface area contributed by atoms with E-state index in [2.05, 4.69) is 49.8 Å². The highest BCUT2D eigenvalue weighted by molar-refractivity contribution is 5.85. The van der Waals surface area contributed by atoms with E-state index in [1.54, 1.807) is 0 Å². The minimum Gasteiger partial charge on any atom is -0.387 e. The fourth-order valence-electron chi connectivity index (χ4n) is 2.96. The van der Waals surface area contributed by atoms with E-state index in [0.717, 1.165) is 16.6 Å². The quantitative estimate of drug-likeness (QED) is 0.887. The number of para-hydroxylation sites is 1. The predicted octanol–water partition coefficient (Wildman–Crippen LogP) is 2.76. The predicted molar refractivity (Wildman–Crippen MR) is 80.3 cm³/mol. The first-order chi connectivity index (χ1) is 8.99. The Morgan fingerprint density at radius 3 is 2.42 bits per heavy atom. The van der Waals surface area contributed by atoms with E-state index in [1.165, 1.54) is 5.52 Å². The van der Waals surface area contributed by atoms with E-state index < -0.39 is 6.10 Å². The molecule has 3 nitrogen and oxygen atoms in total. The summed E-state index contributed by atoms with van der Waals surface area (Å²) >= 11 is 0. The summed E-state index contributed by atoms with van der Waals surface area (Å²) in [5.74, 6) is 0.373. The molecule has 2 atom stereocenters.